The normalized spacial score (nSPS) is 14.4. The zero-order valence-corrected chi connectivity index (χ0v) is 32.0. The van der Waals surface area contributed by atoms with E-state index in [2.05, 4.69) is 170 Å². The standard InChI is InChI=1S/C55H35N3O/c1-3-13-34(14-4-1)49-33-50(35-15-5-2-6-16-35)58-55(57-49)37-25-23-36(24-26-37)53-54-52(45-21-11-12-22-51(45)59-54)47-32-39(28-30-48(47)56-53)38-27-29-44-42-19-8-7-17-40(42)41-18-9-10-20-43(41)46(44)31-38/h1-32,49H,33H2. The topological polar surface area (TPSA) is 50.8 Å². The molecule has 9 aromatic carbocycles. The van der Waals surface area contributed by atoms with Crippen molar-refractivity contribution in [3.05, 3.63) is 211 Å². The molecule has 4 heteroatoms. The van der Waals surface area contributed by atoms with Crippen molar-refractivity contribution in [3.63, 3.8) is 0 Å². The molecule has 1 aliphatic heterocycles. The number of pyridine rings is 1. The number of aliphatic imine (C=N–C) groups is 2. The molecule has 0 aliphatic carbocycles. The number of fused-ring (bicyclic) bond motifs is 11. The molecular formula is C55H35N3O. The fourth-order valence-corrected chi connectivity index (χ4v) is 9.12. The third-order valence-electron chi connectivity index (χ3n) is 12.0. The minimum atomic E-state index is -0.0189. The van der Waals surface area contributed by atoms with Crippen LogP contribution in [-0.2, 0) is 0 Å². The minimum absolute atomic E-state index is 0.0189. The maximum Gasteiger partial charge on any atom is 0.162 e. The summed E-state index contributed by atoms with van der Waals surface area (Å²) in [5.41, 5.74) is 10.9. The first-order chi connectivity index (χ1) is 29.2. The Bertz CT molecular complexity index is 3480. The van der Waals surface area contributed by atoms with E-state index in [1.54, 1.807) is 0 Å². The van der Waals surface area contributed by atoms with Gasteiger partial charge in [0.2, 0.25) is 0 Å². The summed E-state index contributed by atoms with van der Waals surface area (Å²) in [6.45, 7) is 0. The van der Waals surface area contributed by atoms with E-state index in [0.717, 1.165) is 78.8 Å². The molecule has 12 rings (SSSR count). The number of amidine groups is 1. The van der Waals surface area contributed by atoms with E-state index >= 15 is 0 Å². The fraction of sp³-hybridized carbons (Fsp3) is 0.0364. The van der Waals surface area contributed by atoms with E-state index in [1.807, 2.05) is 24.3 Å². The highest BCUT2D eigenvalue weighted by Crippen LogP contribution is 2.42. The van der Waals surface area contributed by atoms with Crippen molar-refractivity contribution in [2.24, 2.45) is 9.98 Å². The summed E-state index contributed by atoms with van der Waals surface area (Å²) in [6, 6.07) is 68.7. The van der Waals surface area contributed by atoms with Crippen LogP contribution in [-0.4, -0.2) is 16.5 Å². The molecule has 0 saturated carbocycles. The molecule has 0 N–H and O–H groups in total. The van der Waals surface area contributed by atoms with Crippen molar-refractivity contribution >= 4 is 76.7 Å². The molecule has 0 bridgehead atoms. The molecular weight excluding hydrogens is 719 g/mol. The summed E-state index contributed by atoms with van der Waals surface area (Å²) in [6.07, 6.45) is 0.747. The van der Waals surface area contributed by atoms with Crippen LogP contribution in [0.1, 0.15) is 29.2 Å². The van der Waals surface area contributed by atoms with E-state index in [0.29, 0.717) is 0 Å². The second-order valence-electron chi connectivity index (χ2n) is 15.4. The van der Waals surface area contributed by atoms with Gasteiger partial charge in [0.05, 0.1) is 17.3 Å². The molecule has 0 radical (unpaired) electrons. The lowest BCUT2D eigenvalue weighted by atomic mass is 9.91. The number of para-hydroxylation sites is 1. The Labute approximate surface area is 340 Å². The zero-order valence-electron chi connectivity index (χ0n) is 32.0. The van der Waals surface area contributed by atoms with Crippen LogP contribution in [0.25, 0.3) is 87.5 Å². The van der Waals surface area contributed by atoms with Gasteiger partial charge in [-0.3, -0.25) is 4.99 Å². The fourth-order valence-electron chi connectivity index (χ4n) is 9.12. The third kappa shape index (κ3) is 5.56. The summed E-state index contributed by atoms with van der Waals surface area (Å²) in [5, 5.41) is 10.8. The van der Waals surface area contributed by atoms with Crippen LogP contribution in [0.4, 0.5) is 0 Å². The number of nitrogens with zero attached hydrogens (tertiary/aromatic N) is 3. The van der Waals surface area contributed by atoms with Crippen molar-refractivity contribution in [2.75, 3.05) is 0 Å². The van der Waals surface area contributed by atoms with Crippen LogP contribution in [0.15, 0.2) is 209 Å². The van der Waals surface area contributed by atoms with Crippen molar-refractivity contribution < 1.29 is 4.42 Å². The summed E-state index contributed by atoms with van der Waals surface area (Å²) >= 11 is 0. The number of benzene rings is 9. The molecule has 0 fully saturated rings. The lowest BCUT2D eigenvalue weighted by Gasteiger charge is -2.21. The Kier molecular flexibility index (Phi) is 7.63. The van der Waals surface area contributed by atoms with Crippen molar-refractivity contribution in [1.29, 1.82) is 0 Å². The van der Waals surface area contributed by atoms with Gasteiger partial charge in [-0.1, -0.05) is 170 Å². The Hall–Kier alpha value is -7.69. The Morgan fingerprint density at radius 3 is 1.68 bits per heavy atom. The molecule has 2 aromatic heterocycles. The van der Waals surface area contributed by atoms with E-state index in [9.17, 15) is 0 Å². The number of hydrogen-bond donors (Lipinski definition) is 0. The zero-order chi connectivity index (χ0) is 38.9. The minimum Gasteiger partial charge on any atom is -0.454 e. The van der Waals surface area contributed by atoms with Gasteiger partial charge in [-0.15, -0.1) is 0 Å². The number of aromatic nitrogens is 1. The molecule has 1 unspecified atom stereocenters. The Morgan fingerprint density at radius 2 is 0.966 bits per heavy atom. The highest BCUT2D eigenvalue weighted by molar-refractivity contribution is 6.26. The molecule has 1 aliphatic rings. The quantitative estimate of drug-likeness (QED) is 0.164. The second-order valence-corrected chi connectivity index (χ2v) is 15.4. The first-order valence-electron chi connectivity index (χ1n) is 20.2. The van der Waals surface area contributed by atoms with Gasteiger partial charge in [-0.05, 0) is 78.8 Å². The van der Waals surface area contributed by atoms with Crippen LogP contribution >= 0.6 is 0 Å². The van der Waals surface area contributed by atoms with E-state index in [4.69, 9.17) is 19.4 Å². The third-order valence-corrected chi connectivity index (χ3v) is 12.0. The molecule has 11 aromatic rings. The number of hydrogen-bond acceptors (Lipinski definition) is 4. The predicted molar refractivity (Wildman–Crippen MR) is 246 cm³/mol. The van der Waals surface area contributed by atoms with Gasteiger partial charge in [0.25, 0.3) is 0 Å². The lowest BCUT2D eigenvalue weighted by molar-refractivity contribution is 0.669. The lowest BCUT2D eigenvalue weighted by Crippen LogP contribution is -2.17. The largest absolute Gasteiger partial charge is 0.454 e. The molecule has 276 valence electrons. The highest BCUT2D eigenvalue weighted by atomic mass is 16.3. The Morgan fingerprint density at radius 1 is 0.424 bits per heavy atom. The smallest absolute Gasteiger partial charge is 0.162 e. The molecule has 0 amide bonds. The summed E-state index contributed by atoms with van der Waals surface area (Å²) in [7, 11) is 0. The average molecular weight is 754 g/mol. The number of furan rings is 1. The SMILES string of the molecule is c1ccc(C2=NC(c3ccc(-c4nc5ccc(-c6ccc7c8ccccc8c8ccccc8c7c6)cc5c5c4oc4ccccc45)cc3)=NC(c3ccccc3)C2)cc1. The van der Waals surface area contributed by atoms with Crippen molar-refractivity contribution in [1.82, 2.24) is 4.98 Å². The molecule has 3 heterocycles. The van der Waals surface area contributed by atoms with E-state index in [1.165, 1.54) is 43.4 Å². The van der Waals surface area contributed by atoms with Crippen LogP contribution in [0.5, 0.6) is 0 Å². The second kappa shape index (κ2) is 13.5. The highest BCUT2D eigenvalue weighted by Gasteiger charge is 2.23. The van der Waals surface area contributed by atoms with Crippen LogP contribution < -0.4 is 0 Å². The van der Waals surface area contributed by atoms with Gasteiger partial charge in [-0.2, -0.15) is 0 Å². The first-order valence-corrected chi connectivity index (χ1v) is 20.2. The summed E-state index contributed by atoms with van der Waals surface area (Å²) < 4.78 is 6.70. The van der Waals surface area contributed by atoms with Gasteiger partial charge in [0.15, 0.2) is 11.4 Å². The predicted octanol–water partition coefficient (Wildman–Crippen LogP) is 14.3. The summed E-state index contributed by atoms with van der Waals surface area (Å²) in [5.74, 6) is 0.735. The molecule has 59 heavy (non-hydrogen) atoms. The maximum absolute atomic E-state index is 6.70. The van der Waals surface area contributed by atoms with E-state index in [-0.39, 0.29) is 6.04 Å². The summed E-state index contributed by atoms with van der Waals surface area (Å²) in [4.78, 5) is 15.6. The maximum atomic E-state index is 6.70. The van der Waals surface area contributed by atoms with Gasteiger partial charge >= 0.3 is 0 Å². The van der Waals surface area contributed by atoms with Crippen molar-refractivity contribution in [3.8, 4) is 22.4 Å². The first kappa shape index (κ1) is 33.4. The van der Waals surface area contributed by atoms with Crippen LogP contribution in [0.3, 0.4) is 0 Å². The van der Waals surface area contributed by atoms with Gasteiger partial charge in [0, 0.05) is 33.7 Å². The van der Waals surface area contributed by atoms with Gasteiger partial charge in [0.1, 0.15) is 11.3 Å². The monoisotopic (exact) mass is 753 g/mol. The van der Waals surface area contributed by atoms with Gasteiger partial charge in [-0.25, -0.2) is 9.98 Å². The molecule has 4 nitrogen and oxygen atoms in total. The van der Waals surface area contributed by atoms with E-state index < -0.39 is 0 Å². The molecule has 0 saturated heterocycles. The van der Waals surface area contributed by atoms with Crippen LogP contribution in [0, 0.1) is 0 Å². The molecule has 1 atom stereocenters. The molecule has 0 spiro atoms. The average Bonchev–Trinajstić information content (AvgIpc) is 3.72. The van der Waals surface area contributed by atoms with Crippen LogP contribution in [0.2, 0.25) is 0 Å². The Balaban J connectivity index is 0.983. The van der Waals surface area contributed by atoms with Gasteiger partial charge < -0.3 is 4.42 Å². The van der Waals surface area contributed by atoms with Crippen molar-refractivity contribution in [2.45, 2.75) is 12.5 Å². The number of rotatable bonds is 5.